The minimum Gasteiger partial charge on any atom is -0.325 e. The van der Waals surface area contributed by atoms with Crippen molar-refractivity contribution in [2.75, 3.05) is 74.0 Å². The first-order valence-electron chi connectivity index (χ1n) is 8.72. The van der Waals surface area contributed by atoms with E-state index in [1.54, 1.807) is 0 Å². The molecule has 3 atom stereocenters. The summed E-state index contributed by atoms with van der Waals surface area (Å²) in [6.45, 7) is 10.4. The van der Waals surface area contributed by atoms with E-state index in [1.165, 1.54) is 0 Å². The second kappa shape index (κ2) is 12.1. The van der Waals surface area contributed by atoms with Crippen LogP contribution in [0, 0.1) is 0 Å². The standard InChI is InChI=1S/C16H41N7/c1-7-22(8-2)10-15(18)12-23(16(19)13-21(5)6)11-14(17)9-20(3)4/h14-16H,7-13,17-19H2,1-6H3. The Hall–Kier alpha value is -0.280. The van der Waals surface area contributed by atoms with Gasteiger partial charge in [0, 0.05) is 44.8 Å². The lowest BCUT2D eigenvalue weighted by Gasteiger charge is -2.35. The fourth-order valence-electron chi connectivity index (χ4n) is 2.84. The van der Waals surface area contributed by atoms with Gasteiger partial charge in [-0.3, -0.25) is 4.90 Å². The van der Waals surface area contributed by atoms with Crippen LogP contribution in [-0.4, -0.2) is 112 Å². The van der Waals surface area contributed by atoms with Crippen LogP contribution in [-0.2, 0) is 0 Å². The number of hydrogen-bond acceptors (Lipinski definition) is 7. The number of rotatable bonds is 13. The molecule has 140 valence electrons. The van der Waals surface area contributed by atoms with E-state index in [-0.39, 0.29) is 18.2 Å². The van der Waals surface area contributed by atoms with E-state index in [0.29, 0.717) is 0 Å². The van der Waals surface area contributed by atoms with E-state index < -0.39 is 0 Å². The maximum atomic E-state index is 6.39. The summed E-state index contributed by atoms with van der Waals surface area (Å²) in [6.07, 6.45) is -0.0547. The molecule has 0 radical (unpaired) electrons. The molecule has 3 unspecified atom stereocenters. The molecule has 7 heteroatoms. The Morgan fingerprint density at radius 2 is 1.09 bits per heavy atom. The molecule has 23 heavy (non-hydrogen) atoms. The average molecular weight is 332 g/mol. The van der Waals surface area contributed by atoms with Crippen molar-refractivity contribution in [3.05, 3.63) is 0 Å². The van der Waals surface area contributed by atoms with Gasteiger partial charge in [-0.25, -0.2) is 0 Å². The predicted molar refractivity (Wildman–Crippen MR) is 100 cm³/mol. The molecule has 0 aromatic heterocycles. The van der Waals surface area contributed by atoms with E-state index in [2.05, 4.69) is 33.4 Å². The summed E-state index contributed by atoms with van der Waals surface area (Å²) in [5.41, 5.74) is 19.0. The molecule has 6 N–H and O–H groups in total. The number of nitrogens with two attached hydrogens (primary N) is 3. The fraction of sp³-hybridized carbons (Fsp3) is 1.00. The topological polar surface area (TPSA) is 91.0 Å². The van der Waals surface area contributed by atoms with Crippen molar-refractivity contribution in [3.63, 3.8) is 0 Å². The molecule has 0 fully saturated rings. The van der Waals surface area contributed by atoms with Crippen molar-refractivity contribution in [2.24, 2.45) is 17.2 Å². The van der Waals surface area contributed by atoms with Gasteiger partial charge in [-0.2, -0.15) is 0 Å². The third-order valence-electron chi connectivity index (χ3n) is 3.95. The van der Waals surface area contributed by atoms with Crippen molar-refractivity contribution >= 4 is 0 Å². The third-order valence-corrected chi connectivity index (χ3v) is 3.95. The largest absolute Gasteiger partial charge is 0.325 e. The highest BCUT2D eigenvalue weighted by atomic mass is 15.3. The number of nitrogens with zero attached hydrogens (tertiary/aromatic N) is 4. The normalized spacial score (nSPS) is 16.6. The van der Waals surface area contributed by atoms with E-state index >= 15 is 0 Å². The monoisotopic (exact) mass is 331 g/mol. The molecule has 0 saturated carbocycles. The minimum absolute atomic E-state index is 0.0547. The Balaban J connectivity index is 4.69. The molecular formula is C16H41N7. The minimum atomic E-state index is -0.0547. The van der Waals surface area contributed by atoms with Crippen LogP contribution in [0.15, 0.2) is 0 Å². The van der Waals surface area contributed by atoms with Crippen LogP contribution in [0.2, 0.25) is 0 Å². The lowest BCUT2D eigenvalue weighted by Crippen LogP contribution is -2.57. The zero-order chi connectivity index (χ0) is 18.0. The second-order valence-electron chi connectivity index (χ2n) is 7.05. The molecule has 0 aliphatic heterocycles. The Morgan fingerprint density at radius 3 is 1.48 bits per heavy atom. The zero-order valence-electron chi connectivity index (χ0n) is 16.2. The Kier molecular flexibility index (Phi) is 12.0. The van der Waals surface area contributed by atoms with Crippen LogP contribution in [0.5, 0.6) is 0 Å². The summed E-state index contributed by atoms with van der Waals surface area (Å²) in [5.74, 6) is 0. The second-order valence-corrected chi connectivity index (χ2v) is 7.05. The van der Waals surface area contributed by atoms with Crippen molar-refractivity contribution in [1.29, 1.82) is 0 Å². The van der Waals surface area contributed by atoms with Crippen molar-refractivity contribution in [1.82, 2.24) is 19.6 Å². The number of hydrogen-bond donors (Lipinski definition) is 3. The molecule has 0 aromatic carbocycles. The van der Waals surface area contributed by atoms with Crippen LogP contribution in [0.25, 0.3) is 0 Å². The van der Waals surface area contributed by atoms with Gasteiger partial charge < -0.3 is 31.9 Å². The van der Waals surface area contributed by atoms with Gasteiger partial charge in [0.15, 0.2) is 0 Å². The maximum Gasteiger partial charge on any atom is 0.0703 e. The Bertz CT molecular complexity index is 282. The first-order chi connectivity index (χ1) is 10.7. The summed E-state index contributed by atoms with van der Waals surface area (Å²) in [6, 6.07) is 0.147. The molecule has 0 amide bonds. The van der Waals surface area contributed by atoms with Gasteiger partial charge in [-0.05, 0) is 41.3 Å². The van der Waals surface area contributed by atoms with Crippen molar-refractivity contribution in [3.8, 4) is 0 Å². The molecule has 0 aliphatic rings. The molecule has 7 nitrogen and oxygen atoms in total. The first-order valence-corrected chi connectivity index (χ1v) is 8.72. The summed E-state index contributed by atoms with van der Waals surface area (Å²) in [7, 11) is 8.15. The van der Waals surface area contributed by atoms with Gasteiger partial charge in [0.1, 0.15) is 0 Å². The molecule has 0 rings (SSSR count). The smallest absolute Gasteiger partial charge is 0.0703 e. The molecule has 0 spiro atoms. The van der Waals surface area contributed by atoms with Gasteiger partial charge in [0.2, 0.25) is 0 Å². The van der Waals surface area contributed by atoms with Crippen LogP contribution < -0.4 is 17.2 Å². The summed E-state index contributed by atoms with van der Waals surface area (Å²) < 4.78 is 0. The van der Waals surface area contributed by atoms with Gasteiger partial charge in [0.05, 0.1) is 6.17 Å². The van der Waals surface area contributed by atoms with E-state index in [1.807, 2.05) is 28.2 Å². The SMILES string of the molecule is CCN(CC)CC(N)CN(CC(N)CN(C)C)C(N)CN(C)C. The zero-order valence-corrected chi connectivity index (χ0v) is 16.2. The maximum absolute atomic E-state index is 6.39. The fourth-order valence-corrected chi connectivity index (χ4v) is 2.84. The van der Waals surface area contributed by atoms with E-state index in [0.717, 1.165) is 45.8 Å². The molecule has 0 saturated heterocycles. The van der Waals surface area contributed by atoms with Crippen molar-refractivity contribution < 1.29 is 0 Å². The Labute approximate surface area is 143 Å². The molecule has 0 aromatic rings. The summed E-state index contributed by atoms with van der Waals surface area (Å²) >= 11 is 0. The number of likely N-dealkylation sites (N-methyl/N-ethyl adjacent to an activating group) is 3. The predicted octanol–water partition coefficient (Wildman–Crippen LogP) is -1.31. The molecular weight excluding hydrogens is 290 g/mol. The highest BCUT2D eigenvalue weighted by Gasteiger charge is 2.21. The molecule has 0 heterocycles. The van der Waals surface area contributed by atoms with Gasteiger partial charge >= 0.3 is 0 Å². The van der Waals surface area contributed by atoms with E-state index in [9.17, 15) is 0 Å². The van der Waals surface area contributed by atoms with Gasteiger partial charge in [-0.15, -0.1) is 0 Å². The highest BCUT2D eigenvalue weighted by Crippen LogP contribution is 2.01. The summed E-state index contributed by atoms with van der Waals surface area (Å²) in [4.78, 5) is 8.80. The Morgan fingerprint density at radius 1 is 0.652 bits per heavy atom. The lowest BCUT2D eigenvalue weighted by molar-refractivity contribution is 0.133. The van der Waals surface area contributed by atoms with Crippen LogP contribution >= 0.6 is 0 Å². The van der Waals surface area contributed by atoms with Gasteiger partial charge in [-0.1, -0.05) is 13.8 Å². The third kappa shape index (κ3) is 11.0. The van der Waals surface area contributed by atoms with Crippen molar-refractivity contribution in [2.45, 2.75) is 32.1 Å². The molecule has 0 bridgehead atoms. The van der Waals surface area contributed by atoms with Crippen LogP contribution in [0.1, 0.15) is 13.8 Å². The average Bonchev–Trinajstić information content (AvgIpc) is 2.42. The first kappa shape index (κ1) is 22.7. The molecule has 0 aliphatic carbocycles. The highest BCUT2D eigenvalue weighted by molar-refractivity contribution is 4.80. The lowest BCUT2D eigenvalue weighted by atomic mass is 10.2. The van der Waals surface area contributed by atoms with E-state index in [4.69, 9.17) is 17.2 Å². The summed E-state index contributed by atoms with van der Waals surface area (Å²) in [5, 5.41) is 0. The van der Waals surface area contributed by atoms with Crippen LogP contribution in [0.4, 0.5) is 0 Å². The van der Waals surface area contributed by atoms with Gasteiger partial charge in [0.25, 0.3) is 0 Å². The van der Waals surface area contributed by atoms with Crippen LogP contribution in [0.3, 0.4) is 0 Å². The quantitative estimate of drug-likeness (QED) is 0.361.